The highest BCUT2D eigenvalue weighted by atomic mass is 14.6. The van der Waals surface area contributed by atoms with Crippen molar-refractivity contribution in [3.05, 3.63) is 71.8 Å². The lowest BCUT2D eigenvalue weighted by atomic mass is 10.00. The fourth-order valence-corrected chi connectivity index (χ4v) is 2.23. The van der Waals surface area contributed by atoms with E-state index in [0.717, 1.165) is 25.7 Å². The van der Waals surface area contributed by atoms with Crippen molar-refractivity contribution < 1.29 is 0 Å². The van der Waals surface area contributed by atoms with Crippen molar-refractivity contribution in [2.24, 2.45) is 5.73 Å². The molecule has 1 nitrogen and oxygen atoms in total. The molecular formula is C17H21N. The molecule has 0 saturated carbocycles. The lowest BCUT2D eigenvalue weighted by molar-refractivity contribution is 0.580. The van der Waals surface area contributed by atoms with E-state index in [-0.39, 0.29) is 6.04 Å². The summed E-state index contributed by atoms with van der Waals surface area (Å²) in [6.45, 7) is 0. The molecule has 1 heteroatoms. The molecule has 94 valence electrons. The summed E-state index contributed by atoms with van der Waals surface area (Å²) >= 11 is 0. The monoisotopic (exact) mass is 239 g/mol. The van der Waals surface area contributed by atoms with Crippen molar-refractivity contribution in [2.75, 3.05) is 0 Å². The van der Waals surface area contributed by atoms with Gasteiger partial charge in [0.15, 0.2) is 0 Å². The van der Waals surface area contributed by atoms with Gasteiger partial charge in [0, 0.05) is 6.04 Å². The fraction of sp³-hybridized carbons (Fsp3) is 0.294. The Balaban J connectivity index is 1.71. The van der Waals surface area contributed by atoms with Gasteiger partial charge in [0.05, 0.1) is 0 Å². The average Bonchev–Trinajstić information content (AvgIpc) is 2.41. The molecule has 0 aliphatic heterocycles. The van der Waals surface area contributed by atoms with Crippen molar-refractivity contribution in [1.82, 2.24) is 0 Å². The topological polar surface area (TPSA) is 26.0 Å². The third-order valence-corrected chi connectivity index (χ3v) is 3.22. The molecule has 0 unspecified atom stereocenters. The maximum atomic E-state index is 6.17. The van der Waals surface area contributed by atoms with Gasteiger partial charge in [-0.3, -0.25) is 0 Å². The first-order valence-electron chi connectivity index (χ1n) is 6.68. The summed E-state index contributed by atoms with van der Waals surface area (Å²) in [5, 5.41) is 0. The minimum absolute atomic E-state index is 0.274. The van der Waals surface area contributed by atoms with Crippen LogP contribution in [-0.4, -0.2) is 6.04 Å². The molecule has 0 fully saturated rings. The van der Waals surface area contributed by atoms with Crippen LogP contribution < -0.4 is 5.73 Å². The van der Waals surface area contributed by atoms with Gasteiger partial charge in [0.1, 0.15) is 0 Å². The molecule has 2 aromatic carbocycles. The molecule has 2 N–H and O–H groups in total. The second kappa shape index (κ2) is 6.97. The first-order valence-corrected chi connectivity index (χ1v) is 6.68. The quantitative estimate of drug-likeness (QED) is 0.819. The van der Waals surface area contributed by atoms with E-state index >= 15 is 0 Å². The molecule has 0 spiro atoms. The Kier molecular flexibility index (Phi) is 4.98. The normalized spacial score (nSPS) is 12.3. The summed E-state index contributed by atoms with van der Waals surface area (Å²) in [5.74, 6) is 0. The maximum absolute atomic E-state index is 6.17. The van der Waals surface area contributed by atoms with Crippen molar-refractivity contribution >= 4 is 0 Å². The summed E-state index contributed by atoms with van der Waals surface area (Å²) in [5.41, 5.74) is 8.91. The average molecular weight is 239 g/mol. The number of hydrogen-bond acceptors (Lipinski definition) is 1. The number of nitrogens with two attached hydrogens (primary N) is 1. The molecule has 0 amide bonds. The molecule has 0 bridgehead atoms. The van der Waals surface area contributed by atoms with E-state index in [1.807, 2.05) is 6.07 Å². The highest BCUT2D eigenvalue weighted by Crippen LogP contribution is 2.09. The summed E-state index contributed by atoms with van der Waals surface area (Å²) in [4.78, 5) is 0. The third kappa shape index (κ3) is 4.34. The predicted molar refractivity (Wildman–Crippen MR) is 77.5 cm³/mol. The zero-order valence-electron chi connectivity index (χ0n) is 10.8. The van der Waals surface area contributed by atoms with Gasteiger partial charge >= 0.3 is 0 Å². The Morgan fingerprint density at radius 2 is 1.33 bits per heavy atom. The Labute approximate surface area is 110 Å². The van der Waals surface area contributed by atoms with Gasteiger partial charge in [-0.05, 0) is 36.8 Å². The number of rotatable bonds is 6. The number of hydrogen-bond donors (Lipinski definition) is 1. The van der Waals surface area contributed by atoms with E-state index < -0.39 is 0 Å². The molecule has 0 aliphatic rings. The summed E-state index contributed by atoms with van der Waals surface area (Å²) in [7, 11) is 0. The minimum Gasteiger partial charge on any atom is -0.327 e. The van der Waals surface area contributed by atoms with E-state index in [4.69, 9.17) is 5.73 Å². The smallest absolute Gasteiger partial charge is 0.00794 e. The van der Waals surface area contributed by atoms with Crippen LogP contribution in [0.5, 0.6) is 0 Å². The largest absolute Gasteiger partial charge is 0.327 e. The van der Waals surface area contributed by atoms with Crippen molar-refractivity contribution in [1.29, 1.82) is 0 Å². The summed E-state index contributed by atoms with van der Waals surface area (Å²) in [6, 6.07) is 21.4. The van der Waals surface area contributed by atoms with Gasteiger partial charge in [0.25, 0.3) is 0 Å². The van der Waals surface area contributed by atoms with Crippen LogP contribution in [0, 0.1) is 0 Å². The number of aryl methyl sites for hydroxylation is 1. The Bertz CT molecular complexity index is 436. The van der Waals surface area contributed by atoms with E-state index in [2.05, 4.69) is 54.6 Å². The standard InChI is InChI=1S/C17H21N/c18-17(14-16-10-5-2-6-11-16)13-7-12-15-8-3-1-4-9-15/h1-6,8-11,17H,7,12-14,18H2/t17-/m0/s1. The third-order valence-electron chi connectivity index (χ3n) is 3.22. The van der Waals surface area contributed by atoms with Crippen LogP contribution in [0.15, 0.2) is 60.7 Å². The van der Waals surface area contributed by atoms with Crippen LogP contribution in [-0.2, 0) is 12.8 Å². The van der Waals surface area contributed by atoms with Crippen molar-refractivity contribution in [3.8, 4) is 0 Å². The van der Waals surface area contributed by atoms with Crippen molar-refractivity contribution in [3.63, 3.8) is 0 Å². The van der Waals surface area contributed by atoms with Gasteiger partial charge in [-0.15, -0.1) is 0 Å². The SMILES string of the molecule is N[C@@H](CCCc1ccccc1)Cc1ccccc1. The minimum atomic E-state index is 0.274. The lowest BCUT2D eigenvalue weighted by Gasteiger charge is -2.11. The first-order chi connectivity index (χ1) is 8.84. The van der Waals surface area contributed by atoms with Crippen LogP contribution in [0.3, 0.4) is 0 Å². The van der Waals surface area contributed by atoms with E-state index in [1.54, 1.807) is 0 Å². The van der Waals surface area contributed by atoms with Gasteiger partial charge < -0.3 is 5.73 Å². The Morgan fingerprint density at radius 3 is 1.94 bits per heavy atom. The molecule has 0 saturated heterocycles. The van der Waals surface area contributed by atoms with Gasteiger partial charge in [0.2, 0.25) is 0 Å². The van der Waals surface area contributed by atoms with Gasteiger partial charge in [-0.25, -0.2) is 0 Å². The van der Waals surface area contributed by atoms with Crippen LogP contribution >= 0.6 is 0 Å². The molecule has 2 rings (SSSR count). The van der Waals surface area contributed by atoms with Crippen LogP contribution in [0.1, 0.15) is 24.0 Å². The second-order valence-electron chi connectivity index (χ2n) is 4.83. The molecule has 0 aliphatic carbocycles. The van der Waals surface area contributed by atoms with Crippen LogP contribution in [0.2, 0.25) is 0 Å². The van der Waals surface area contributed by atoms with Crippen LogP contribution in [0.25, 0.3) is 0 Å². The molecule has 1 atom stereocenters. The molecule has 0 heterocycles. The highest BCUT2D eigenvalue weighted by molar-refractivity contribution is 5.16. The predicted octanol–water partition coefficient (Wildman–Crippen LogP) is 3.58. The van der Waals surface area contributed by atoms with E-state index in [9.17, 15) is 0 Å². The molecule has 0 aromatic heterocycles. The Morgan fingerprint density at radius 1 is 0.778 bits per heavy atom. The highest BCUT2D eigenvalue weighted by Gasteiger charge is 2.03. The van der Waals surface area contributed by atoms with Gasteiger partial charge in [-0.1, -0.05) is 60.7 Å². The second-order valence-corrected chi connectivity index (χ2v) is 4.83. The summed E-state index contributed by atoms with van der Waals surface area (Å²) < 4.78 is 0. The summed E-state index contributed by atoms with van der Waals surface area (Å²) in [6.07, 6.45) is 4.36. The van der Waals surface area contributed by atoms with Gasteiger partial charge in [-0.2, -0.15) is 0 Å². The molecule has 0 radical (unpaired) electrons. The van der Waals surface area contributed by atoms with Crippen LogP contribution in [0.4, 0.5) is 0 Å². The van der Waals surface area contributed by atoms with E-state index in [1.165, 1.54) is 11.1 Å². The first kappa shape index (κ1) is 12.8. The maximum Gasteiger partial charge on any atom is 0.00794 e. The Hall–Kier alpha value is -1.60. The zero-order chi connectivity index (χ0) is 12.6. The van der Waals surface area contributed by atoms with E-state index in [0.29, 0.717) is 0 Å². The number of benzene rings is 2. The zero-order valence-corrected chi connectivity index (χ0v) is 10.8. The molecule has 2 aromatic rings. The molecule has 18 heavy (non-hydrogen) atoms. The van der Waals surface area contributed by atoms with Crippen molar-refractivity contribution in [2.45, 2.75) is 31.7 Å². The molecular weight excluding hydrogens is 218 g/mol. The lowest BCUT2D eigenvalue weighted by Crippen LogP contribution is -2.22. The fourth-order valence-electron chi connectivity index (χ4n) is 2.23.